The van der Waals surface area contributed by atoms with Crippen molar-refractivity contribution in [3.8, 4) is 11.3 Å². The van der Waals surface area contributed by atoms with Crippen molar-refractivity contribution in [2.24, 2.45) is 0 Å². The summed E-state index contributed by atoms with van der Waals surface area (Å²) in [6.07, 6.45) is 4.74. The van der Waals surface area contributed by atoms with Gasteiger partial charge in [-0.2, -0.15) is 5.10 Å². The average molecular weight is 501 g/mol. The van der Waals surface area contributed by atoms with Crippen molar-refractivity contribution in [1.29, 1.82) is 0 Å². The highest BCUT2D eigenvalue weighted by atomic mass is 32.2. The van der Waals surface area contributed by atoms with E-state index in [-0.39, 0.29) is 10.7 Å². The molecule has 0 saturated heterocycles. The van der Waals surface area contributed by atoms with Crippen molar-refractivity contribution >= 4 is 44.6 Å². The van der Waals surface area contributed by atoms with Crippen LogP contribution in [-0.4, -0.2) is 28.8 Å². The van der Waals surface area contributed by atoms with Crippen molar-refractivity contribution in [3.05, 3.63) is 111 Å². The van der Waals surface area contributed by atoms with E-state index in [0.29, 0.717) is 27.5 Å². The first-order valence-corrected chi connectivity index (χ1v) is 13.1. The first-order chi connectivity index (χ1) is 16.9. The number of sulfonamides is 1. The molecule has 174 valence electrons. The lowest BCUT2D eigenvalue weighted by molar-refractivity contribution is 0.104. The number of allylic oxidation sites excluding steroid dienone is 1. The van der Waals surface area contributed by atoms with Crippen LogP contribution in [0.2, 0.25) is 0 Å². The molecular weight excluding hydrogens is 480 g/mol. The fourth-order valence-electron chi connectivity index (χ4n) is 3.65. The molecule has 0 radical (unpaired) electrons. The Balaban J connectivity index is 1.47. The Bertz CT molecular complexity index is 1660. The number of nitrogens with one attached hydrogen (secondary N) is 1. The molecule has 1 N–H and O–H groups in total. The SMILES string of the molecule is CC(=Cc1ccccc1)S(=O)(=O)Nc1cccc(-c2ccnc3c(C(=O)c4cccs4)cnn23)c1. The number of rotatable bonds is 7. The highest BCUT2D eigenvalue weighted by molar-refractivity contribution is 7.96. The van der Waals surface area contributed by atoms with E-state index in [4.69, 9.17) is 0 Å². The Kier molecular flexibility index (Phi) is 6.02. The smallest absolute Gasteiger partial charge is 0.257 e. The number of fused-ring (bicyclic) bond motifs is 1. The molecule has 2 aromatic carbocycles. The van der Waals surface area contributed by atoms with Crippen LogP contribution < -0.4 is 4.72 Å². The summed E-state index contributed by atoms with van der Waals surface area (Å²) in [5, 5.41) is 6.24. The van der Waals surface area contributed by atoms with Crippen molar-refractivity contribution in [2.75, 3.05) is 4.72 Å². The fraction of sp³-hybridized carbons (Fsp3) is 0.0385. The van der Waals surface area contributed by atoms with Gasteiger partial charge < -0.3 is 0 Å². The Morgan fingerprint density at radius 2 is 1.86 bits per heavy atom. The summed E-state index contributed by atoms with van der Waals surface area (Å²) in [7, 11) is -3.75. The number of aromatic nitrogens is 3. The molecule has 35 heavy (non-hydrogen) atoms. The van der Waals surface area contributed by atoms with Crippen LogP contribution in [0.15, 0.2) is 95.5 Å². The minimum Gasteiger partial charge on any atom is -0.287 e. The number of thiophene rings is 1. The van der Waals surface area contributed by atoms with Crippen LogP contribution in [0.5, 0.6) is 0 Å². The first-order valence-electron chi connectivity index (χ1n) is 10.7. The monoisotopic (exact) mass is 500 g/mol. The summed E-state index contributed by atoms with van der Waals surface area (Å²) in [6, 6.07) is 21.7. The molecule has 0 amide bonds. The summed E-state index contributed by atoms with van der Waals surface area (Å²) < 4.78 is 30.1. The van der Waals surface area contributed by atoms with Crippen molar-refractivity contribution < 1.29 is 13.2 Å². The van der Waals surface area contributed by atoms with E-state index in [9.17, 15) is 13.2 Å². The quantitative estimate of drug-likeness (QED) is 0.298. The fourth-order valence-corrected chi connectivity index (χ4v) is 5.22. The molecule has 0 atom stereocenters. The van der Waals surface area contributed by atoms with Crippen LogP contribution >= 0.6 is 11.3 Å². The van der Waals surface area contributed by atoms with Crippen molar-refractivity contribution in [1.82, 2.24) is 14.6 Å². The maximum Gasteiger partial charge on any atom is 0.257 e. The van der Waals surface area contributed by atoms with Crippen LogP contribution in [0, 0.1) is 0 Å². The van der Waals surface area contributed by atoms with Gasteiger partial charge in [0.1, 0.15) is 0 Å². The number of hydrogen-bond donors (Lipinski definition) is 1. The standard InChI is InChI=1S/C26H20N4O3S2/c1-18(15-19-7-3-2-4-8-19)35(32,33)29-21-10-5-9-20(16-21)23-12-13-27-26-22(17-28-30(23)26)25(31)24-11-6-14-34-24/h2-17,29H,1H3. The summed E-state index contributed by atoms with van der Waals surface area (Å²) in [5.41, 5.74) is 3.46. The lowest BCUT2D eigenvalue weighted by Gasteiger charge is -2.11. The first kappa shape index (κ1) is 22.7. The van der Waals surface area contributed by atoms with Gasteiger partial charge in [-0.15, -0.1) is 11.3 Å². The predicted molar refractivity (Wildman–Crippen MR) is 139 cm³/mol. The predicted octanol–water partition coefficient (Wildman–Crippen LogP) is 5.49. The van der Waals surface area contributed by atoms with Crippen LogP contribution in [0.25, 0.3) is 23.0 Å². The number of benzene rings is 2. The molecule has 0 unspecified atom stereocenters. The second-order valence-electron chi connectivity index (χ2n) is 7.78. The number of anilines is 1. The van der Waals surface area contributed by atoms with Gasteiger partial charge in [0.25, 0.3) is 10.0 Å². The Hall–Kier alpha value is -4.08. The Morgan fingerprint density at radius 1 is 1.03 bits per heavy atom. The van der Waals surface area contributed by atoms with Crippen LogP contribution in [-0.2, 0) is 10.0 Å². The lowest BCUT2D eigenvalue weighted by atomic mass is 10.1. The van der Waals surface area contributed by atoms with E-state index in [1.54, 1.807) is 54.0 Å². The molecule has 9 heteroatoms. The molecule has 0 aliphatic heterocycles. The largest absolute Gasteiger partial charge is 0.287 e. The maximum atomic E-state index is 12.9. The van der Waals surface area contributed by atoms with E-state index < -0.39 is 10.0 Å². The van der Waals surface area contributed by atoms with Gasteiger partial charge in [0.15, 0.2) is 5.65 Å². The normalized spacial score (nSPS) is 12.1. The number of hydrogen-bond acceptors (Lipinski definition) is 6. The molecule has 5 rings (SSSR count). The summed E-state index contributed by atoms with van der Waals surface area (Å²) in [5.74, 6) is -0.137. The summed E-state index contributed by atoms with van der Waals surface area (Å²) in [6.45, 7) is 1.56. The molecule has 0 spiro atoms. The van der Waals surface area contributed by atoms with Crippen LogP contribution in [0.1, 0.15) is 27.7 Å². The van der Waals surface area contributed by atoms with Gasteiger partial charge in [0.05, 0.1) is 27.2 Å². The number of carbonyl (C=O) groups excluding carboxylic acids is 1. The topological polar surface area (TPSA) is 93.4 Å². The van der Waals surface area contributed by atoms with Gasteiger partial charge in [0.2, 0.25) is 5.78 Å². The summed E-state index contributed by atoms with van der Waals surface area (Å²) >= 11 is 1.36. The van der Waals surface area contributed by atoms with Crippen molar-refractivity contribution in [2.45, 2.75) is 6.92 Å². The molecule has 0 fully saturated rings. The third-order valence-electron chi connectivity index (χ3n) is 5.39. The highest BCUT2D eigenvalue weighted by Crippen LogP contribution is 2.26. The molecule has 0 bridgehead atoms. The van der Waals surface area contributed by atoms with E-state index in [2.05, 4.69) is 14.8 Å². The van der Waals surface area contributed by atoms with E-state index in [1.165, 1.54) is 17.5 Å². The van der Waals surface area contributed by atoms with Gasteiger partial charge in [0, 0.05) is 17.4 Å². The molecule has 0 saturated carbocycles. The third kappa shape index (κ3) is 4.64. The van der Waals surface area contributed by atoms with Gasteiger partial charge in [-0.05, 0) is 48.2 Å². The molecule has 7 nitrogen and oxygen atoms in total. The zero-order chi connectivity index (χ0) is 24.4. The van der Waals surface area contributed by atoms with Gasteiger partial charge in [-0.1, -0.05) is 48.5 Å². The van der Waals surface area contributed by atoms with Crippen molar-refractivity contribution in [3.63, 3.8) is 0 Å². The van der Waals surface area contributed by atoms with E-state index in [0.717, 1.165) is 11.1 Å². The minimum absolute atomic E-state index is 0.137. The average Bonchev–Trinajstić information content (AvgIpc) is 3.54. The molecule has 0 aliphatic carbocycles. The second kappa shape index (κ2) is 9.28. The molecule has 3 heterocycles. The number of carbonyl (C=O) groups is 1. The van der Waals surface area contributed by atoms with Gasteiger partial charge >= 0.3 is 0 Å². The number of ketones is 1. The van der Waals surface area contributed by atoms with Crippen LogP contribution in [0.3, 0.4) is 0 Å². The van der Waals surface area contributed by atoms with E-state index in [1.807, 2.05) is 47.8 Å². The Labute approximate surface area is 206 Å². The molecule has 3 aromatic heterocycles. The highest BCUT2D eigenvalue weighted by Gasteiger charge is 2.19. The second-order valence-corrected chi connectivity index (χ2v) is 10.6. The molecular formula is C26H20N4O3S2. The molecule has 0 aliphatic rings. The van der Waals surface area contributed by atoms with Gasteiger partial charge in [-0.25, -0.2) is 17.9 Å². The Morgan fingerprint density at radius 3 is 2.63 bits per heavy atom. The maximum absolute atomic E-state index is 12.9. The number of nitrogens with zero attached hydrogens (tertiary/aromatic N) is 3. The summed E-state index contributed by atoms with van der Waals surface area (Å²) in [4.78, 5) is 18.1. The van der Waals surface area contributed by atoms with Crippen LogP contribution in [0.4, 0.5) is 5.69 Å². The third-order valence-corrected chi connectivity index (χ3v) is 7.73. The zero-order valence-corrected chi connectivity index (χ0v) is 20.3. The van der Waals surface area contributed by atoms with E-state index >= 15 is 0 Å². The minimum atomic E-state index is -3.75. The lowest BCUT2D eigenvalue weighted by Crippen LogP contribution is -2.13. The zero-order valence-electron chi connectivity index (χ0n) is 18.6. The molecule has 5 aromatic rings. The van der Waals surface area contributed by atoms with Gasteiger partial charge in [-0.3, -0.25) is 9.52 Å².